The highest BCUT2D eigenvalue weighted by Crippen LogP contribution is 2.51. The first kappa shape index (κ1) is 15.3. The highest BCUT2D eigenvalue weighted by Gasteiger charge is 2.58. The minimum Gasteiger partial charge on any atom is -0.443 e. The van der Waals surface area contributed by atoms with Crippen molar-refractivity contribution in [3.8, 4) is 0 Å². The number of likely N-dealkylation sites (tertiary alicyclic amines) is 1. The lowest BCUT2D eigenvalue weighted by molar-refractivity contribution is -0.133. The van der Waals surface area contributed by atoms with E-state index < -0.39 is 23.5 Å². The van der Waals surface area contributed by atoms with Gasteiger partial charge in [0.05, 0.1) is 12.0 Å². The Bertz CT molecular complexity index is 545. The second-order valence-electron chi connectivity index (χ2n) is 7.53. The molecule has 2 aliphatic carbocycles. The summed E-state index contributed by atoms with van der Waals surface area (Å²) in [5, 5.41) is 0. The van der Waals surface area contributed by atoms with E-state index in [-0.39, 0.29) is 12.0 Å². The van der Waals surface area contributed by atoms with Crippen molar-refractivity contribution >= 4 is 18.3 Å². The summed E-state index contributed by atoms with van der Waals surface area (Å²) in [5.41, 5.74) is 0.505. The maximum atomic E-state index is 12.5. The van der Waals surface area contributed by atoms with E-state index >= 15 is 0 Å². The van der Waals surface area contributed by atoms with Crippen molar-refractivity contribution in [1.29, 1.82) is 0 Å². The van der Waals surface area contributed by atoms with Crippen molar-refractivity contribution < 1.29 is 19.1 Å². The molecule has 4 atom stereocenters. The first-order valence-corrected chi connectivity index (χ1v) is 8.05. The summed E-state index contributed by atoms with van der Waals surface area (Å²) in [6, 6.07) is -0.275. The zero-order valence-corrected chi connectivity index (χ0v) is 13.4. The van der Waals surface area contributed by atoms with Gasteiger partial charge in [0.2, 0.25) is 5.91 Å². The molecule has 3 rings (SSSR count). The molecule has 1 heterocycles. The van der Waals surface area contributed by atoms with Crippen molar-refractivity contribution in [2.24, 2.45) is 17.8 Å². The molecule has 4 unspecified atom stereocenters. The molecular weight excluding hydrogens is 282 g/mol. The van der Waals surface area contributed by atoms with E-state index in [1.165, 1.54) is 10.5 Å². The molecule has 2 fully saturated rings. The van der Waals surface area contributed by atoms with Gasteiger partial charge in [-0.3, -0.25) is 4.79 Å². The summed E-state index contributed by atoms with van der Waals surface area (Å²) in [7, 11) is 0. The molecular formula is C17H23NO4. The summed E-state index contributed by atoms with van der Waals surface area (Å²) in [5.74, 6) is -0.774. The predicted molar refractivity (Wildman–Crippen MR) is 80.0 cm³/mol. The fourth-order valence-electron chi connectivity index (χ4n) is 4.13. The smallest absolute Gasteiger partial charge is 0.417 e. The molecule has 0 spiro atoms. The topological polar surface area (TPSA) is 63.7 Å². The molecule has 1 aliphatic heterocycles. The monoisotopic (exact) mass is 305 g/mol. The Hall–Kier alpha value is -1.65. The van der Waals surface area contributed by atoms with E-state index in [4.69, 9.17) is 4.74 Å². The van der Waals surface area contributed by atoms with Crippen molar-refractivity contribution in [1.82, 2.24) is 4.90 Å². The maximum Gasteiger partial charge on any atom is 0.417 e. The van der Waals surface area contributed by atoms with Gasteiger partial charge in [0.25, 0.3) is 0 Å². The molecule has 120 valence electrons. The van der Waals surface area contributed by atoms with Crippen LogP contribution in [0, 0.1) is 17.8 Å². The quantitative estimate of drug-likeness (QED) is 0.424. The number of ether oxygens (including phenoxy) is 1. The second-order valence-corrected chi connectivity index (χ2v) is 7.53. The van der Waals surface area contributed by atoms with Crippen LogP contribution in [0.1, 0.15) is 46.5 Å². The molecule has 22 heavy (non-hydrogen) atoms. The average Bonchev–Trinajstić information content (AvgIpc) is 2.89. The van der Waals surface area contributed by atoms with E-state index in [1.54, 1.807) is 20.8 Å². The molecule has 5 nitrogen and oxygen atoms in total. The van der Waals surface area contributed by atoms with Crippen molar-refractivity contribution in [3.05, 3.63) is 11.6 Å². The van der Waals surface area contributed by atoms with Crippen LogP contribution >= 0.6 is 0 Å². The third-order valence-electron chi connectivity index (χ3n) is 4.91. The molecule has 3 aliphatic rings. The highest BCUT2D eigenvalue weighted by molar-refractivity contribution is 6.03. The minimum absolute atomic E-state index is 0.0770. The van der Waals surface area contributed by atoms with Gasteiger partial charge in [-0.1, -0.05) is 6.08 Å². The summed E-state index contributed by atoms with van der Waals surface area (Å²) in [6.45, 7) is 5.33. The second kappa shape index (κ2) is 5.21. The van der Waals surface area contributed by atoms with Gasteiger partial charge in [-0.25, -0.2) is 9.69 Å². The average molecular weight is 305 g/mol. The largest absolute Gasteiger partial charge is 0.443 e. The van der Waals surface area contributed by atoms with Gasteiger partial charge < -0.3 is 9.53 Å². The minimum atomic E-state index is -0.705. The van der Waals surface area contributed by atoms with Gasteiger partial charge in [0, 0.05) is 5.92 Å². The molecule has 5 heteroatoms. The Labute approximate surface area is 130 Å². The predicted octanol–water partition coefficient (Wildman–Crippen LogP) is 2.69. The lowest BCUT2D eigenvalue weighted by Gasteiger charge is -2.29. The zero-order chi connectivity index (χ0) is 16.1. The summed E-state index contributed by atoms with van der Waals surface area (Å²) >= 11 is 0. The van der Waals surface area contributed by atoms with Gasteiger partial charge >= 0.3 is 6.09 Å². The summed E-state index contributed by atoms with van der Waals surface area (Å²) in [4.78, 5) is 37.6. The molecule has 0 N–H and O–H groups in total. The van der Waals surface area contributed by atoms with Crippen LogP contribution in [0.2, 0.25) is 0 Å². The van der Waals surface area contributed by atoms with Crippen LogP contribution in [-0.4, -0.2) is 34.8 Å². The molecule has 0 bridgehead atoms. The summed E-state index contributed by atoms with van der Waals surface area (Å²) in [6.07, 6.45) is 6.28. The fraction of sp³-hybridized carbons (Fsp3) is 0.706. The van der Waals surface area contributed by atoms with E-state index in [0.717, 1.165) is 25.7 Å². The van der Waals surface area contributed by atoms with Gasteiger partial charge in [-0.05, 0) is 57.9 Å². The van der Waals surface area contributed by atoms with Crippen molar-refractivity contribution in [2.45, 2.75) is 58.1 Å². The number of hydrogen-bond donors (Lipinski definition) is 0. The van der Waals surface area contributed by atoms with Crippen LogP contribution in [0.4, 0.5) is 4.79 Å². The lowest BCUT2D eigenvalue weighted by Crippen LogP contribution is -2.44. The SMILES string of the molecule is CC(C)(C)OC(=O)N1C(=O)C(C=O)C2CC3CCCC=C3C21. The number of imide groups is 1. The Morgan fingerprint density at radius 1 is 1.41 bits per heavy atom. The maximum absolute atomic E-state index is 12.5. The van der Waals surface area contributed by atoms with E-state index in [0.29, 0.717) is 12.2 Å². The highest BCUT2D eigenvalue weighted by atomic mass is 16.6. The number of amides is 2. The number of hydrogen-bond acceptors (Lipinski definition) is 4. The molecule has 0 radical (unpaired) electrons. The molecule has 0 aromatic carbocycles. The first-order valence-electron chi connectivity index (χ1n) is 8.05. The van der Waals surface area contributed by atoms with E-state index in [9.17, 15) is 14.4 Å². The number of allylic oxidation sites excluding steroid dienone is 1. The van der Waals surface area contributed by atoms with Gasteiger partial charge in [0.15, 0.2) is 0 Å². The number of fused-ring (bicyclic) bond motifs is 3. The molecule has 2 amide bonds. The molecule has 1 saturated heterocycles. The van der Waals surface area contributed by atoms with Crippen LogP contribution < -0.4 is 0 Å². The number of carbonyl (C=O) groups excluding carboxylic acids is 3. The fourth-order valence-corrected chi connectivity index (χ4v) is 4.13. The zero-order valence-electron chi connectivity index (χ0n) is 13.4. The molecule has 1 saturated carbocycles. The van der Waals surface area contributed by atoms with Crippen molar-refractivity contribution in [2.75, 3.05) is 0 Å². The summed E-state index contributed by atoms with van der Waals surface area (Å²) < 4.78 is 5.40. The molecule has 0 aromatic heterocycles. The standard InChI is InChI=1S/C17H23NO4/c1-17(2,3)22-16(21)18-14-11-7-5-4-6-10(11)8-12(14)13(9-19)15(18)20/h7,9-10,12-14H,4-6,8H2,1-3H3. The van der Waals surface area contributed by atoms with Crippen LogP contribution in [0.15, 0.2) is 11.6 Å². The van der Waals surface area contributed by atoms with Crippen LogP contribution in [-0.2, 0) is 14.3 Å². The Morgan fingerprint density at radius 2 is 2.14 bits per heavy atom. The number of carbonyl (C=O) groups is 3. The van der Waals surface area contributed by atoms with Crippen LogP contribution in [0.3, 0.4) is 0 Å². The lowest BCUT2D eigenvalue weighted by atomic mass is 9.88. The first-order chi connectivity index (χ1) is 10.3. The van der Waals surface area contributed by atoms with Crippen LogP contribution in [0.5, 0.6) is 0 Å². The Morgan fingerprint density at radius 3 is 2.77 bits per heavy atom. The normalized spacial score (nSPS) is 34.0. The number of nitrogens with zero attached hydrogens (tertiary/aromatic N) is 1. The van der Waals surface area contributed by atoms with E-state index in [1.807, 2.05) is 0 Å². The third kappa shape index (κ3) is 2.36. The van der Waals surface area contributed by atoms with Gasteiger partial charge in [-0.2, -0.15) is 0 Å². The number of aldehydes is 1. The Balaban J connectivity index is 1.94. The van der Waals surface area contributed by atoms with Gasteiger partial charge in [0.1, 0.15) is 11.9 Å². The van der Waals surface area contributed by atoms with Crippen molar-refractivity contribution in [3.63, 3.8) is 0 Å². The third-order valence-corrected chi connectivity index (χ3v) is 4.91. The van der Waals surface area contributed by atoms with Gasteiger partial charge in [-0.15, -0.1) is 0 Å². The van der Waals surface area contributed by atoms with Crippen LogP contribution in [0.25, 0.3) is 0 Å². The number of rotatable bonds is 1. The molecule has 0 aromatic rings. The van der Waals surface area contributed by atoms with E-state index in [2.05, 4.69) is 6.08 Å². The Kier molecular flexibility index (Phi) is 3.62.